The van der Waals surface area contributed by atoms with Gasteiger partial charge in [-0.3, -0.25) is 14.4 Å². The second kappa shape index (κ2) is 17.3. The minimum absolute atomic E-state index is 0.0737. The number of hydrogen-bond donors (Lipinski definition) is 2. The van der Waals surface area contributed by atoms with Crippen LogP contribution < -0.4 is 10.6 Å². The number of ketones is 1. The van der Waals surface area contributed by atoms with Crippen molar-refractivity contribution in [3.63, 3.8) is 0 Å². The number of carbonyl (C=O) groups is 3. The zero-order valence-corrected chi connectivity index (χ0v) is 15.4. The van der Waals surface area contributed by atoms with E-state index >= 15 is 0 Å². The maximum absolute atomic E-state index is 11.5. The maximum Gasteiger partial charge on any atom is 0.222 e. The Balaban J connectivity index is 3.33. The summed E-state index contributed by atoms with van der Waals surface area (Å²) in [6, 6.07) is 0. The summed E-state index contributed by atoms with van der Waals surface area (Å²) in [7, 11) is 0. The maximum atomic E-state index is 11.5. The van der Waals surface area contributed by atoms with Gasteiger partial charge in [-0.25, -0.2) is 0 Å². The average Bonchev–Trinajstić information content (AvgIpc) is 2.60. The monoisotopic (exact) mass is 360 g/mol. The first-order valence-electron chi connectivity index (χ1n) is 8.88. The van der Waals surface area contributed by atoms with E-state index in [1.54, 1.807) is 0 Å². The van der Waals surface area contributed by atoms with Gasteiger partial charge in [0, 0.05) is 45.4 Å². The van der Waals surface area contributed by atoms with Crippen LogP contribution in [-0.2, 0) is 28.6 Å². The molecule has 2 amide bonds. The normalized spacial score (nSPS) is 10.5. The standard InChI is InChI=1S/C17H32N2O6/c1-3-15(20)5-10-24-13-8-19-17(22)7-12-25-14-9-18-16(21)6-11-23-4-2/h3-14H2,1-2H3,(H,18,21)(H,19,22). The summed E-state index contributed by atoms with van der Waals surface area (Å²) < 4.78 is 15.6. The van der Waals surface area contributed by atoms with Crippen LogP contribution in [0.3, 0.4) is 0 Å². The van der Waals surface area contributed by atoms with Gasteiger partial charge in [0.05, 0.1) is 33.0 Å². The van der Waals surface area contributed by atoms with E-state index < -0.39 is 0 Å². The highest BCUT2D eigenvalue weighted by Crippen LogP contribution is 1.89. The first kappa shape index (κ1) is 23.5. The van der Waals surface area contributed by atoms with Gasteiger partial charge in [0.25, 0.3) is 0 Å². The van der Waals surface area contributed by atoms with Crippen molar-refractivity contribution in [3.05, 3.63) is 0 Å². The molecule has 25 heavy (non-hydrogen) atoms. The first-order valence-corrected chi connectivity index (χ1v) is 8.88. The molecule has 8 nitrogen and oxygen atoms in total. The molecule has 0 aromatic rings. The fourth-order valence-corrected chi connectivity index (χ4v) is 1.74. The highest BCUT2D eigenvalue weighted by molar-refractivity contribution is 5.78. The van der Waals surface area contributed by atoms with Gasteiger partial charge in [-0.05, 0) is 6.92 Å². The summed E-state index contributed by atoms with van der Waals surface area (Å²) >= 11 is 0. The number of ether oxygens (including phenoxy) is 3. The summed E-state index contributed by atoms with van der Waals surface area (Å²) in [5.74, 6) is -0.0175. The summed E-state index contributed by atoms with van der Waals surface area (Å²) in [6.07, 6.45) is 1.54. The summed E-state index contributed by atoms with van der Waals surface area (Å²) in [6.45, 7) is 6.98. The van der Waals surface area contributed by atoms with E-state index in [4.69, 9.17) is 14.2 Å². The van der Waals surface area contributed by atoms with Gasteiger partial charge in [0.2, 0.25) is 11.8 Å². The second-order valence-electron chi connectivity index (χ2n) is 5.26. The molecule has 0 saturated carbocycles. The Labute approximate surface area is 150 Å². The van der Waals surface area contributed by atoms with Crippen molar-refractivity contribution in [2.45, 2.75) is 39.5 Å². The number of Topliss-reactive ketones (excluding diaryl/α,β-unsaturated/α-hetero) is 1. The molecular formula is C17H32N2O6. The Bertz CT molecular complexity index is 376. The van der Waals surface area contributed by atoms with E-state index in [1.807, 2.05) is 13.8 Å². The molecule has 8 heteroatoms. The largest absolute Gasteiger partial charge is 0.381 e. The quantitative estimate of drug-likeness (QED) is 0.365. The van der Waals surface area contributed by atoms with Crippen LogP contribution >= 0.6 is 0 Å². The second-order valence-corrected chi connectivity index (χ2v) is 5.26. The molecule has 0 atom stereocenters. The molecule has 0 aliphatic carbocycles. The molecule has 0 bridgehead atoms. The van der Waals surface area contributed by atoms with Crippen LogP contribution in [0.15, 0.2) is 0 Å². The topological polar surface area (TPSA) is 103 Å². The van der Waals surface area contributed by atoms with Crippen LogP contribution in [0.2, 0.25) is 0 Å². The molecule has 0 aliphatic heterocycles. The molecule has 146 valence electrons. The molecule has 0 aliphatic rings. The number of amides is 2. The van der Waals surface area contributed by atoms with Crippen LogP contribution in [0.4, 0.5) is 0 Å². The van der Waals surface area contributed by atoms with E-state index in [2.05, 4.69) is 10.6 Å². The van der Waals surface area contributed by atoms with Crippen LogP contribution in [0.1, 0.15) is 39.5 Å². The van der Waals surface area contributed by atoms with E-state index in [0.29, 0.717) is 72.0 Å². The van der Waals surface area contributed by atoms with Crippen molar-refractivity contribution in [2.75, 3.05) is 52.7 Å². The van der Waals surface area contributed by atoms with E-state index in [1.165, 1.54) is 0 Å². The summed E-state index contributed by atoms with van der Waals surface area (Å²) in [5, 5.41) is 5.42. The van der Waals surface area contributed by atoms with Gasteiger partial charge in [-0.1, -0.05) is 6.92 Å². The molecular weight excluding hydrogens is 328 g/mol. The van der Waals surface area contributed by atoms with Crippen LogP contribution in [0.25, 0.3) is 0 Å². The van der Waals surface area contributed by atoms with Crippen LogP contribution in [-0.4, -0.2) is 70.3 Å². The molecule has 0 saturated heterocycles. The Morgan fingerprint density at radius 1 is 0.680 bits per heavy atom. The molecule has 0 heterocycles. The van der Waals surface area contributed by atoms with Gasteiger partial charge in [-0.2, -0.15) is 0 Å². The highest BCUT2D eigenvalue weighted by Gasteiger charge is 2.03. The van der Waals surface area contributed by atoms with Crippen molar-refractivity contribution < 1.29 is 28.6 Å². The van der Waals surface area contributed by atoms with Crippen molar-refractivity contribution in [1.82, 2.24) is 10.6 Å². The fourth-order valence-electron chi connectivity index (χ4n) is 1.74. The molecule has 0 spiro atoms. The van der Waals surface area contributed by atoms with Gasteiger partial charge >= 0.3 is 0 Å². The molecule has 0 radical (unpaired) electrons. The number of rotatable bonds is 17. The Morgan fingerprint density at radius 3 is 1.64 bits per heavy atom. The third-order valence-electron chi connectivity index (χ3n) is 3.21. The van der Waals surface area contributed by atoms with E-state index in [-0.39, 0.29) is 24.0 Å². The van der Waals surface area contributed by atoms with Crippen molar-refractivity contribution >= 4 is 17.6 Å². The lowest BCUT2D eigenvalue weighted by molar-refractivity contribution is -0.124. The predicted molar refractivity (Wildman–Crippen MR) is 93.3 cm³/mol. The predicted octanol–water partition coefficient (Wildman–Crippen LogP) is 0.438. The molecule has 0 rings (SSSR count). The number of nitrogens with one attached hydrogen (secondary N) is 2. The van der Waals surface area contributed by atoms with Gasteiger partial charge < -0.3 is 24.8 Å². The zero-order chi connectivity index (χ0) is 18.8. The van der Waals surface area contributed by atoms with Crippen molar-refractivity contribution in [3.8, 4) is 0 Å². The third-order valence-corrected chi connectivity index (χ3v) is 3.21. The molecule has 2 N–H and O–H groups in total. The van der Waals surface area contributed by atoms with Gasteiger partial charge in [0.1, 0.15) is 5.78 Å². The average molecular weight is 360 g/mol. The number of carbonyl (C=O) groups excluding carboxylic acids is 3. The minimum Gasteiger partial charge on any atom is -0.381 e. The lowest BCUT2D eigenvalue weighted by Crippen LogP contribution is -2.30. The number of hydrogen-bond acceptors (Lipinski definition) is 6. The van der Waals surface area contributed by atoms with Crippen LogP contribution in [0.5, 0.6) is 0 Å². The molecule has 0 aromatic heterocycles. The lowest BCUT2D eigenvalue weighted by atomic mass is 10.2. The highest BCUT2D eigenvalue weighted by atomic mass is 16.5. The Hall–Kier alpha value is -1.51. The third kappa shape index (κ3) is 17.1. The smallest absolute Gasteiger partial charge is 0.222 e. The van der Waals surface area contributed by atoms with Crippen LogP contribution in [0, 0.1) is 0 Å². The summed E-state index contributed by atoms with van der Waals surface area (Å²) in [5.41, 5.74) is 0. The SMILES string of the molecule is CCOCCC(=O)NCCOCCC(=O)NCCOCCC(=O)CC. The van der Waals surface area contributed by atoms with E-state index in [9.17, 15) is 14.4 Å². The first-order chi connectivity index (χ1) is 12.1. The van der Waals surface area contributed by atoms with Gasteiger partial charge in [-0.15, -0.1) is 0 Å². The zero-order valence-electron chi connectivity index (χ0n) is 15.4. The molecule has 0 unspecified atom stereocenters. The molecule has 0 aromatic carbocycles. The Kier molecular flexibility index (Phi) is 16.3. The fraction of sp³-hybridized carbons (Fsp3) is 0.824. The van der Waals surface area contributed by atoms with Crippen molar-refractivity contribution in [1.29, 1.82) is 0 Å². The summed E-state index contributed by atoms with van der Waals surface area (Å²) in [4.78, 5) is 33.9. The Morgan fingerprint density at radius 2 is 1.16 bits per heavy atom. The molecule has 0 fully saturated rings. The van der Waals surface area contributed by atoms with Gasteiger partial charge in [0.15, 0.2) is 0 Å². The lowest BCUT2D eigenvalue weighted by Gasteiger charge is -2.08. The minimum atomic E-state index is -0.117. The van der Waals surface area contributed by atoms with E-state index in [0.717, 1.165) is 0 Å². The van der Waals surface area contributed by atoms with Crippen molar-refractivity contribution in [2.24, 2.45) is 0 Å².